The third-order valence-electron chi connectivity index (χ3n) is 2.93. The molecule has 0 unspecified atom stereocenters. The molecule has 3 N–H and O–H groups in total. The predicted octanol–water partition coefficient (Wildman–Crippen LogP) is 3.79. The Morgan fingerprint density at radius 3 is 2.63 bits per heavy atom. The fraction of sp³-hybridized carbons (Fsp3) is 0.133. The molecule has 0 bridgehead atoms. The first-order valence-corrected chi connectivity index (χ1v) is 6.29. The first kappa shape index (κ1) is 13.4. The Balaban J connectivity index is 2.28. The van der Waals surface area contributed by atoms with Gasteiger partial charge in [0.25, 0.3) is 5.91 Å². The van der Waals surface area contributed by atoms with Gasteiger partial charge < -0.3 is 11.1 Å². The zero-order valence-corrected chi connectivity index (χ0v) is 11.6. The minimum absolute atomic E-state index is 0.257. The third-order valence-corrected chi connectivity index (χ3v) is 3.26. The summed E-state index contributed by atoms with van der Waals surface area (Å²) in [6, 6.07) is 10.9. The number of halogens is 1. The smallest absolute Gasteiger partial charge is 0.257 e. The number of carbonyl (C=O) groups is 1. The molecule has 0 aliphatic rings. The lowest BCUT2D eigenvalue weighted by Crippen LogP contribution is -2.15. The Kier molecular flexibility index (Phi) is 3.76. The van der Waals surface area contributed by atoms with E-state index in [9.17, 15) is 4.79 Å². The number of hydrogen-bond acceptors (Lipinski definition) is 2. The summed E-state index contributed by atoms with van der Waals surface area (Å²) < 4.78 is 0. The number of carbonyl (C=O) groups excluding carboxylic acids is 1. The molecule has 0 atom stereocenters. The Hall–Kier alpha value is -2.00. The van der Waals surface area contributed by atoms with E-state index in [0.717, 1.165) is 16.8 Å². The molecule has 4 heteroatoms. The first-order valence-electron chi connectivity index (χ1n) is 5.91. The van der Waals surface area contributed by atoms with Crippen molar-refractivity contribution in [1.82, 2.24) is 0 Å². The monoisotopic (exact) mass is 274 g/mol. The van der Waals surface area contributed by atoms with Crippen LogP contribution < -0.4 is 11.1 Å². The molecule has 2 rings (SSSR count). The van der Waals surface area contributed by atoms with E-state index < -0.39 is 0 Å². The van der Waals surface area contributed by atoms with Crippen molar-refractivity contribution in [1.29, 1.82) is 0 Å². The number of nitrogens with two attached hydrogens (primary N) is 1. The van der Waals surface area contributed by atoms with Crippen LogP contribution in [0, 0.1) is 13.8 Å². The zero-order chi connectivity index (χ0) is 14.0. The summed E-state index contributed by atoms with van der Waals surface area (Å²) in [6.07, 6.45) is 0. The van der Waals surface area contributed by atoms with Crippen molar-refractivity contribution in [2.75, 3.05) is 11.1 Å². The van der Waals surface area contributed by atoms with Gasteiger partial charge in [-0.05, 0) is 37.6 Å². The number of aryl methyl sites for hydroxylation is 2. The van der Waals surface area contributed by atoms with Gasteiger partial charge in [-0.25, -0.2) is 0 Å². The van der Waals surface area contributed by atoms with Gasteiger partial charge in [0.2, 0.25) is 0 Å². The van der Waals surface area contributed by atoms with Gasteiger partial charge in [-0.3, -0.25) is 4.79 Å². The van der Waals surface area contributed by atoms with Crippen molar-refractivity contribution in [2.45, 2.75) is 13.8 Å². The highest BCUT2D eigenvalue weighted by molar-refractivity contribution is 6.34. The molecule has 0 radical (unpaired) electrons. The molecule has 19 heavy (non-hydrogen) atoms. The van der Waals surface area contributed by atoms with Crippen LogP contribution >= 0.6 is 11.6 Å². The number of para-hydroxylation sites is 1. The Morgan fingerprint density at radius 1 is 1.21 bits per heavy atom. The van der Waals surface area contributed by atoms with Gasteiger partial charge in [-0.1, -0.05) is 35.4 Å². The van der Waals surface area contributed by atoms with Gasteiger partial charge >= 0.3 is 0 Å². The molecule has 2 aromatic carbocycles. The van der Waals surface area contributed by atoms with Crippen LogP contribution in [-0.4, -0.2) is 5.91 Å². The van der Waals surface area contributed by atoms with E-state index in [1.165, 1.54) is 0 Å². The molecule has 0 spiro atoms. The van der Waals surface area contributed by atoms with Gasteiger partial charge in [0.1, 0.15) is 0 Å². The lowest BCUT2D eigenvalue weighted by atomic mass is 10.1. The highest BCUT2D eigenvalue weighted by Crippen LogP contribution is 2.24. The topological polar surface area (TPSA) is 55.1 Å². The average Bonchev–Trinajstić information content (AvgIpc) is 2.36. The number of rotatable bonds is 2. The summed E-state index contributed by atoms with van der Waals surface area (Å²) >= 11 is 5.91. The number of nitrogen functional groups attached to an aromatic ring is 1. The molecular formula is C15H15ClN2O. The van der Waals surface area contributed by atoms with E-state index in [0.29, 0.717) is 16.3 Å². The van der Waals surface area contributed by atoms with E-state index >= 15 is 0 Å². The summed E-state index contributed by atoms with van der Waals surface area (Å²) in [5.74, 6) is -0.257. The summed E-state index contributed by atoms with van der Waals surface area (Å²) in [5.41, 5.74) is 9.42. The number of benzene rings is 2. The van der Waals surface area contributed by atoms with E-state index in [4.69, 9.17) is 17.3 Å². The Bertz CT molecular complexity index is 638. The van der Waals surface area contributed by atoms with E-state index in [1.807, 2.05) is 32.0 Å². The molecule has 3 nitrogen and oxygen atoms in total. The zero-order valence-electron chi connectivity index (χ0n) is 10.8. The van der Waals surface area contributed by atoms with Gasteiger partial charge in [-0.15, -0.1) is 0 Å². The Morgan fingerprint density at radius 2 is 1.95 bits per heavy atom. The highest BCUT2D eigenvalue weighted by Gasteiger charge is 2.12. The second kappa shape index (κ2) is 5.33. The number of amides is 1. The van der Waals surface area contributed by atoms with Crippen LogP contribution in [0.5, 0.6) is 0 Å². The fourth-order valence-electron chi connectivity index (χ4n) is 1.88. The molecule has 0 aliphatic heterocycles. The van der Waals surface area contributed by atoms with Crippen molar-refractivity contribution in [3.63, 3.8) is 0 Å². The second-order valence-corrected chi connectivity index (χ2v) is 4.88. The number of nitrogens with one attached hydrogen (secondary N) is 1. The Labute approximate surface area is 117 Å². The second-order valence-electron chi connectivity index (χ2n) is 4.47. The number of hydrogen-bond donors (Lipinski definition) is 2. The quantitative estimate of drug-likeness (QED) is 0.819. The summed E-state index contributed by atoms with van der Waals surface area (Å²) in [6.45, 7) is 3.96. The molecule has 0 fully saturated rings. The molecule has 0 aliphatic carbocycles. The maximum Gasteiger partial charge on any atom is 0.257 e. The van der Waals surface area contributed by atoms with Crippen molar-refractivity contribution in [2.24, 2.45) is 0 Å². The van der Waals surface area contributed by atoms with Crippen LogP contribution in [0.15, 0.2) is 36.4 Å². The van der Waals surface area contributed by atoms with E-state index in [-0.39, 0.29) is 5.91 Å². The van der Waals surface area contributed by atoms with Crippen LogP contribution in [0.4, 0.5) is 11.4 Å². The van der Waals surface area contributed by atoms with Crippen LogP contribution in [0.1, 0.15) is 21.5 Å². The van der Waals surface area contributed by atoms with E-state index in [2.05, 4.69) is 5.32 Å². The summed E-state index contributed by atoms with van der Waals surface area (Å²) in [4.78, 5) is 12.2. The lowest BCUT2D eigenvalue weighted by Gasteiger charge is -2.11. The molecule has 98 valence electrons. The SMILES string of the molecule is Cc1ccc(NC(=O)c2cccc(Cl)c2N)c(C)c1. The van der Waals surface area contributed by atoms with Gasteiger partial charge in [0.05, 0.1) is 16.3 Å². The minimum Gasteiger partial charge on any atom is -0.397 e. The average molecular weight is 275 g/mol. The standard InChI is InChI=1S/C15H15ClN2O/c1-9-6-7-13(10(2)8-9)18-15(19)11-4-3-5-12(16)14(11)17/h3-8H,17H2,1-2H3,(H,18,19). The highest BCUT2D eigenvalue weighted by atomic mass is 35.5. The lowest BCUT2D eigenvalue weighted by molar-refractivity contribution is 0.102. The first-order chi connectivity index (χ1) is 8.99. The predicted molar refractivity (Wildman–Crippen MR) is 79.7 cm³/mol. The maximum absolute atomic E-state index is 12.2. The maximum atomic E-state index is 12.2. The minimum atomic E-state index is -0.257. The van der Waals surface area contributed by atoms with Gasteiger partial charge in [0.15, 0.2) is 0 Å². The van der Waals surface area contributed by atoms with Crippen LogP contribution in [0.2, 0.25) is 5.02 Å². The van der Waals surface area contributed by atoms with Gasteiger partial charge in [0, 0.05) is 5.69 Å². The van der Waals surface area contributed by atoms with Crippen molar-refractivity contribution in [3.8, 4) is 0 Å². The number of anilines is 2. The van der Waals surface area contributed by atoms with Crippen LogP contribution in [-0.2, 0) is 0 Å². The summed E-state index contributed by atoms with van der Waals surface area (Å²) in [5, 5.41) is 3.23. The largest absolute Gasteiger partial charge is 0.397 e. The molecular weight excluding hydrogens is 260 g/mol. The van der Waals surface area contributed by atoms with Crippen molar-refractivity contribution < 1.29 is 4.79 Å². The summed E-state index contributed by atoms with van der Waals surface area (Å²) in [7, 11) is 0. The van der Waals surface area contributed by atoms with Crippen molar-refractivity contribution in [3.05, 3.63) is 58.1 Å². The van der Waals surface area contributed by atoms with Crippen molar-refractivity contribution >= 4 is 28.9 Å². The van der Waals surface area contributed by atoms with Crippen LogP contribution in [0.25, 0.3) is 0 Å². The molecule has 0 heterocycles. The normalized spacial score (nSPS) is 10.3. The fourth-order valence-corrected chi connectivity index (χ4v) is 2.05. The molecule has 0 saturated heterocycles. The molecule has 1 amide bonds. The molecule has 2 aromatic rings. The van der Waals surface area contributed by atoms with Gasteiger partial charge in [-0.2, -0.15) is 0 Å². The van der Waals surface area contributed by atoms with Crippen LogP contribution in [0.3, 0.4) is 0 Å². The van der Waals surface area contributed by atoms with E-state index in [1.54, 1.807) is 18.2 Å². The molecule has 0 saturated carbocycles. The third kappa shape index (κ3) is 2.88. The molecule has 0 aromatic heterocycles.